The third-order valence-electron chi connectivity index (χ3n) is 3.63. The van der Waals surface area contributed by atoms with E-state index in [9.17, 15) is 4.79 Å². The van der Waals surface area contributed by atoms with Crippen LogP contribution >= 0.6 is 11.6 Å². The average molecular weight is 351 g/mol. The summed E-state index contributed by atoms with van der Waals surface area (Å²) in [5, 5.41) is 16.8. The number of halogens is 1. The quantitative estimate of drug-likeness (QED) is 0.742. The van der Waals surface area contributed by atoms with Gasteiger partial charge in [0, 0.05) is 22.2 Å². The molecule has 0 unspecified atom stereocenters. The summed E-state index contributed by atoms with van der Waals surface area (Å²) in [6.07, 6.45) is 0.305. The van der Waals surface area contributed by atoms with Gasteiger partial charge in [0.2, 0.25) is 0 Å². The number of nitrogens with one attached hydrogen (secondary N) is 1. The Morgan fingerprint density at radius 3 is 2.56 bits per heavy atom. The first-order chi connectivity index (χ1) is 12.2. The molecule has 5 nitrogen and oxygen atoms in total. The fourth-order valence-electron chi connectivity index (χ4n) is 2.38. The Kier molecular flexibility index (Phi) is 5.12. The van der Waals surface area contributed by atoms with Crippen molar-refractivity contribution in [3.63, 3.8) is 0 Å². The zero-order chi connectivity index (χ0) is 17.6. The molecule has 0 aliphatic rings. The Labute approximate surface area is 150 Å². The summed E-state index contributed by atoms with van der Waals surface area (Å²) < 4.78 is 1.64. The lowest BCUT2D eigenvalue weighted by Gasteiger charge is -2.07. The second-order valence-electron chi connectivity index (χ2n) is 5.37. The van der Waals surface area contributed by atoms with E-state index in [4.69, 9.17) is 16.9 Å². The van der Waals surface area contributed by atoms with Gasteiger partial charge in [0.15, 0.2) is 0 Å². The van der Waals surface area contributed by atoms with E-state index in [2.05, 4.69) is 16.5 Å². The third kappa shape index (κ3) is 4.06. The fraction of sp³-hybridized carbons (Fsp3) is 0.105. The molecule has 1 amide bonds. The number of nitrogens with zero attached hydrogens (tertiary/aromatic N) is 3. The van der Waals surface area contributed by atoms with E-state index in [1.165, 1.54) is 0 Å². The van der Waals surface area contributed by atoms with Gasteiger partial charge in [0.05, 0.1) is 24.7 Å². The lowest BCUT2D eigenvalue weighted by Crippen LogP contribution is -2.15. The van der Waals surface area contributed by atoms with Crippen LogP contribution in [0.25, 0.3) is 11.3 Å². The van der Waals surface area contributed by atoms with Crippen molar-refractivity contribution in [3.05, 3.63) is 71.2 Å². The summed E-state index contributed by atoms with van der Waals surface area (Å²) in [6.45, 7) is 0.402. The van der Waals surface area contributed by atoms with E-state index in [0.717, 1.165) is 11.3 Å². The number of amides is 1. The van der Waals surface area contributed by atoms with E-state index >= 15 is 0 Å². The van der Waals surface area contributed by atoms with Gasteiger partial charge in [-0.15, -0.1) is 0 Å². The molecule has 0 aliphatic heterocycles. The van der Waals surface area contributed by atoms with Crippen LogP contribution in [0.5, 0.6) is 0 Å². The number of anilines is 1. The van der Waals surface area contributed by atoms with Crippen LogP contribution in [0.2, 0.25) is 5.02 Å². The van der Waals surface area contributed by atoms with Gasteiger partial charge in [-0.2, -0.15) is 10.4 Å². The number of hydrogen-bond donors (Lipinski definition) is 1. The Morgan fingerprint density at radius 1 is 1.16 bits per heavy atom. The molecule has 3 aromatic rings. The second-order valence-corrected chi connectivity index (χ2v) is 5.81. The summed E-state index contributed by atoms with van der Waals surface area (Å²) in [6, 6.07) is 20.2. The van der Waals surface area contributed by atoms with Crippen LogP contribution in [0, 0.1) is 11.3 Å². The van der Waals surface area contributed by atoms with Crippen molar-refractivity contribution in [2.75, 3.05) is 5.32 Å². The minimum Gasteiger partial charge on any atom is -0.307 e. The number of aryl methyl sites for hydroxylation is 1. The Morgan fingerprint density at radius 2 is 1.88 bits per heavy atom. The van der Waals surface area contributed by atoms with Crippen molar-refractivity contribution < 1.29 is 4.79 Å². The molecule has 0 aliphatic carbocycles. The minimum absolute atomic E-state index is 0.255. The van der Waals surface area contributed by atoms with Crippen molar-refractivity contribution in [1.29, 1.82) is 5.26 Å². The third-order valence-corrected chi connectivity index (χ3v) is 3.88. The van der Waals surface area contributed by atoms with Gasteiger partial charge in [0.25, 0.3) is 5.91 Å². The first-order valence-electron chi connectivity index (χ1n) is 7.74. The molecule has 0 fully saturated rings. The van der Waals surface area contributed by atoms with Gasteiger partial charge in [-0.25, -0.2) is 4.68 Å². The van der Waals surface area contributed by atoms with E-state index < -0.39 is 0 Å². The van der Waals surface area contributed by atoms with Crippen LogP contribution in [0.3, 0.4) is 0 Å². The molecule has 0 saturated heterocycles. The Hall–Kier alpha value is -3.10. The lowest BCUT2D eigenvalue weighted by molar-refractivity contribution is 0.102. The molecule has 6 heteroatoms. The summed E-state index contributed by atoms with van der Waals surface area (Å²) in [4.78, 5) is 12.4. The predicted octanol–water partition coefficient (Wildman–Crippen LogP) is 4.37. The van der Waals surface area contributed by atoms with E-state index in [1.807, 2.05) is 30.3 Å². The molecular formula is C19H15ClN4O. The first-order valence-corrected chi connectivity index (χ1v) is 8.12. The number of carbonyl (C=O) groups is 1. The number of rotatable bonds is 5. The second kappa shape index (κ2) is 7.65. The van der Waals surface area contributed by atoms with Gasteiger partial charge >= 0.3 is 0 Å². The first kappa shape index (κ1) is 16.7. The number of hydrogen-bond acceptors (Lipinski definition) is 3. The van der Waals surface area contributed by atoms with E-state index in [1.54, 1.807) is 35.0 Å². The molecule has 2 aromatic carbocycles. The molecule has 0 bridgehead atoms. The molecule has 0 radical (unpaired) electrons. The normalized spacial score (nSPS) is 10.2. The highest BCUT2D eigenvalue weighted by molar-refractivity contribution is 6.30. The van der Waals surface area contributed by atoms with Gasteiger partial charge in [-0.05, 0) is 24.3 Å². The van der Waals surface area contributed by atoms with Crippen molar-refractivity contribution in [3.8, 4) is 17.3 Å². The van der Waals surface area contributed by atoms with Crippen LogP contribution < -0.4 is 5.32 Å². The van der Waals surface area contributed by atoms with E-state index in [0.29, 0.717) is 29.4 Å². The van der Waals surface area contributed by atoms with Crippen LogP contribution in [0.1, 0.15) is 16.8 Å². The van der Waals surface area contributed by atoms with Crippen LogP contribution in [0.4, 0.5) is 5.82 Å². The van der Waals surface area contributed by atoms with Gasteiger partial charge in [-0.3, -0.25) is 4.79 Å². The molecule has 1 aromatic heterocycles. The van der Waals surface area contributed by atoms with Crippen LogP contribution in [0.15, 0.2) is 60.7 Å². The van der Waals surface area contributed by atoms with Crippen molar-refractivity contribution in [1.82, 2.24) is 9.78 Å². The summed E-state index contributed by atoms with van der Waals surface area (Å²) >= 11 is 5.85. The highest BCUT2D eigenvalue weighted by Gasteiger charge is 2.13. The van der Waals surface area contributed by atoms with Crippen molar-refractivity contribution in [2.24, 2.45) is 0 Å². The molecule has 3 rings (SSSR count). The zero-order valence-corrected chi connectivity index (χ0v) is 14.1. The number of nitriles is 1. The molecule has 0 atom stereocenters. The fourth-order valence-corrected chi connectivity index (χ4v) is 2.51. The van der Waals surface area contributed by atoms with Crippen molar-refractivity contribution >= 4 is 23.3 Å². The number of aromatic nitrogens is 2. The van der Waals surface area contributed by atoms with Gasteiger partial charge in [0.1, 0.15) is 5.82 Å². The largest absolute Gasteiger partial charge is 0.307 e. The standard InChI is InChI=1S/C19H15ClN4O/c20-16-9-7-15(8-10-16)19(25)22-18-13-17(14-5-2-1-3-6-14)23-24(18)12-4-11-21/h1-3,5-10,13H,4,12H2,(H,22,25). The minimum atomic E-state index is -0.255. The maximum Gasteiger partial charge on any atom is 0.256 e. The molecule has 1 N–H and O–H groups in total. The number of carbonyl (C=O) groups excluding carboxylic acids is 1. The molecule has 25 heavy (non-hydrogen) atoms. The topological polar surface area (TPSA) is 70.7 Å². The van der Waals surface area contributed by atoms with Gasteiger partial charge < -0.3 is 5.32 Å². The summed E-state index contributed by atoms with van der Waals surface area (Å²) in [5.74, 6) is 0.295. The van der Waals surface area contributed by atoms with Gasteiger partial charge in [-0.1, -0.05) is 41.9 Å². The summed E-state index contributed by atoms with van der Waals surface area (Å²) in [7, 11) is 0. The maximum absolute atomic E-state index is 12.4. The maximum atomic E-state index is 12.4. The molecule has 0 saturated carbocycles. The SMILES string of the molecule is N#CCCn1nc(-c2ccccc2)cc1NC(=O)c1ccc(Cl)cc1. The highest BCUT2D eigenvalue weighted by atomic mass is 35.5. The molecule has 124 valence electrons. The highest BCUT2D eigenvalue weighted by Crippen LogP contribution is 2.22. The van der Waals surface area contributed by atoms with E-state index in [-0.39, 0.29) is 5.91 Å². The molecule has 0 spiro atoms. The predicted molar refractivity (Wildman–Crippen MR) is 97.3 cm³/mol. The van der Waals surface area contributed by atoms with Crippen LogP contribution in [-0.4, -0.2) is 15.7 Å². The average Bonchev–Trinajstić information content (AvgIpc) is 3.04. The molecule has 1 heterocycles. The number of benzene rings is 2. The Balaban J connectivity index is 1.88. The Bertz CT molecular complexity index is 911. The lowest BCUT2D eigenvalue weighted by atomic mass is 10.1. The molecular weight excluding hydrogens is 336 g/mol. The van der Waals surface area contributed by atoms with Crippen molar-refractivity contribution in [2.45, 2.75) is 13.0 Å². The zero-order valence-electron chi connectivity index (χ0n) is 13.3. The van der Waals surface area contributed by atoms with Crippen LogP contribution in [-0.2, 0) is 6.54 Å². The monoisotopic (exact) mass is 350 g/mol. The smallest absolute Gasteiger partial charge is 0.256 e. The summed E-state index contributed by atoms with van der Waals surface area (Å²) in [5.41, 5.74) is 2.18.